The Morgan fingerprint density at radius 2 is 1.96 bits per heavy atom. The summed E-state index contributed by atoms with van der Waals surface area (Å²) >= 11 is 0. The molecule has 2 rings (SSSR count). The molecule has 1 unspecified atom stereocenters. The van der Waals surface area contributed by atoms with E-state index in [0.29, 0.717) is 30.8 Å². The van der Waals surface area contributed by atoms with Crippen LogP contribution in [-0.2, 0) is 19.4 Å². The first kappa shape index (κ1) is 19.4. The molecule has 1 aromatic carbocycles. The molecular weight excluding hydrogens is 344 g/mol. The fourth-order valence-electron chi connectivity index (χ4n) is 2.71. The number of carbonyl (C=O) groups is 2. The Balaban J connectivity index is 1.79. The van der Waals surface area contributed by atoms with Gasteiger partial charge in [0.25, 0.3) is 0 Å². The molecule has 8 heteroatoms. The maximum absolute atomic E-state index is 12.0. The molecule has 0 radical (unpaired) electrons. The van der Waals surface area contributed by atoms with E-state index in [-0.39, 0.29) is 29.9 Å². The predicted octanol–water partition coefficient (Wildman–Crippen LogP) is 1.31. The van der Waals surface area contributed by atoms with Gasteiger partial charge in [-0.05, 0) is 44.7 Å². The first-order valence-electron chi connectivity index (χ1n) is 8.28. The number of esters is 1. The standard InChI is InChI=1S/C17H24N2O5S/c1-3-24-17(21)13-4-6-14(7-5-13)18-16(20)8-10-19(2)15-9-11-25(22,23)12-15/h4-7,15H,3,8-12H2,1-2H3,(H,18,20). The van der Waals surface area contributed by atoms with Crippen LogP contribution in [0.2, 0.25) is 0 Å². The van der Waals surface area contributed by atoms with Crippen LogP contribution in [0.4, 0.5) is 5.69 Å². The molecule has 7 nitrogen and oxygen atoms in total. The summed E-state index contributed by atoms with van der Waals surface area (Å²) in [6.07, 6.45) is 0.891. The minimum atomic E-state index is -2.92. The van der Waals surface area contributed by atoms with Crippen molar-refractivity contribution in [3.63, 3.8) is 0 Å². The number of benzene rings is 1. The van der Waals surface area contributed by atoms with E-state index < -0.39 is 15.8 Å². The van der Waals surface area contributed by atoms with Crippen LogP contribution >= 0.6 is 0 Å². The maximum Gasteiger partial charge on any atom is 0.338 e. The van der Waals surface area contributed by atoms with Gasteiger partial charge in [0.1, 0.15) is 0 Å². The molecule has 1 aliphatic rings. The lowest BCUT2D eigenvalue weighted by Crippen LogP contribution is -2.35. The van der Waals surface area contributed by atoms with Crippen molar-refractivity contribution in [2.24, 2.45) is 0 Å². The summed E-state index contributed by atoms with van der Waals surface area (Å²) in [6.45, 7) is 2.55. The summed E-state index contributed by atoms with van der Waals surface area (Å²) < 4.78 is 27.9. The highest BCUT2D eigenvalue weighted by atomic mass is 32.2. The molecule has 0 saturated carbocycles. The van der Waals surface area contributed by atoms with Crippen molar-refractivity contribution in [1.29, 1.82) is 0 Å². The van der Waals surface area contributed by atoms with Gasteiger partial charge in [0, 0.05) is 24.7 Å². The Morgan fingerprint density at radius 1 is 1.28 bits per heavy atom. The number of amides is 1. The highest BCUT2D eigenvalue weighted by Gasteiger charge is 2.30. The molecule has 1 saturated heterocycles. The Morgan fingerprint density at radius 3 is 2.52 bits per heavy atom. The molecule has 0 spiro atoms. The third-order valence-electron chi connectivity index (χ3n) is 4.20. The van der Waals surface area contributed by atoms with E-state index in [9.17, 15) is 18.0 Å². The second kappa shape index (κ2) is 8.44. The SMILES string of the molecule is CCOC(=O)c1ccc(NC(=O)CCN(C)C2CCS(=O)(=O)C2)cc1. The first-order chi connectivity index (χ1) is 11.8. The highest BCUT2D eigenvalue weighted by Crippen LogP contribution is 2.17. The summed E-state index contributed by atoms with van der Waals surface area (Å²) in [7, 11) is -1.08. The number of nitrogens with one attached hydrogen (secondary N) is 1. The second-order valence-corrected chi connectivity index (χ2v) is 8.36. The van der Waals surface area contributed by atoms with Crippen molar-refractivity contribution in [1.82, 2.24) is 4.90 Å². The quantitative estimate of drug-likeness (QED) is 0.730. The van der Waals surface area contributed by atoms with Gasteiger partial charge >= 0.3 is 5.97 Å². The lowest BCUT2D eigenvalue weighted by atomic mass is 10.2. The summed E-state index contributed by atoms with van der Waals surface area (Å²) in [6, 6.07) is 6.49. The summed E-state index contributed by atoms with van der Waals surface area (Å²) in [5.74, 6) is -0.160. The van der Waals surface area contributed by atoms with E-state index in [1.54, 1.807) is 31.2 Å². The fraction of sp³-hybridized carbons (Fsp3) is 0.529. The van der Waals surface area contributed by atoms with Gasteiger partial charge in [-0.3, -0.25) is 4.79 Å². The number of hydrogen-bond donors (Lipinski definition) is 1. The van der Waals surface area contributed by atoms with Crippen LogP contribution in [0.5, 0.6) is 0 Å². The molecule has 138 valence electrons. The van der Waals surface area contributed by atoms with Crippen LogP contribution in [0.25, 0.3) is 0 Å². The summed E-state index contributed by atoms with van der Waals surface area (Å²) in [4.78, 5) is 25.5. The molecule has 1 aromatic rings. The van der Waals surface area contributed by atoms with Crippen molar-refractivity contribution in [3.8, 4) is 0 Å². The van der Waals surface area contributed by atoms with Crippen LogP contribution in [0, 0.1) is 0 Å². The van der Waals surface area contributed by atoms with Gasteiger partial charge in [-0.1, -0.05) is 0 Å². The zero-order valence-corrected chi connectivity index (χ0v) is 15.3. The average Bonchev–Trinajstić information content (AvgIpc) is 2.93. The number of ether oxygens (including phenoxy) is 1. The van der Waals surface area contributed by atoms with Gasteiger partial charge in [-0.15, -0.1) is 0 Å². The highest BCUT2D eigenvalue weighted by molar-refractivity contribution is 7.91. The average molecular weight is 368 g/mol. The lowest BCUT2D eigenvalue weighted by Gasteiger charge is -2.22. The van der Waals surface area contributed by atoms with Gasteiger partial charge in [0.2, 0.25) is 5.91 Å². The van der Waals surface area contributed by atoms with Gasteiger partial charge in [0.15, 0.2) is 9.84 Å². The smallest absolute Gasteiger partial charge is 0.338 e. The van der Waals surface area contributed by atoms with Crippen LogP contribution < -0.4 is 5.32 Å². The normalized spacial score (nSPS) is 18.9. The Labute approximate surface area is 148 Å². The fourth-order valence-corrected chi connectivity index (χ4v) is 4.52. The third-order valence-corrected chi connectivity index (χ3v) is 5.95. The second-order valence-electron chi connectivity index (χ2n) is 6.13. The zero-order chi connectivity index (χ0) is 18.4. The topological polar surface area (TPSA) is 92.8 Å². The van der Waals surface area contributed by atoms with Crippen molar-refractivity contribution < 1.29 is 22.7 Å². The molecule has 1 atom stereocenters. The van der Waals surface area contributed by atoms with E-state index in [4.69, 9.17) is 4.74 Å². The number of hydrogen-bond acceptors (Lipinski definition) is 6. The lowest BCUT2D eigenvalue weighted by molar-refractivity contribution is -0.116. The molecule has 0 aliphatic carbocycles. The number of sulfone groups is 1. The maximum atomic E-state index is 12.0. The monoisotopic (exact) mass is 368 g/mol. The zero-order valence-electron chi connectivity index (χ0n) is 14.5. The molecule has 25 heavy (non-hydrogen) atoms. The van der Waals surface area contributed by atoms with Crippen molar-refractivity contribution in [2.75, 3.05) is 37.0 Å². The molecular formula is C17H24N2O5S. The van der Waals surface area contributed by atoms with Gasteiger partial charge < -0.3 is 15.0 Å². The van der Waals surface area contributed by atoms with E-state index >= 15 is 0 Å². The molecule has 0 bridgehead atoms. The van der Waals surface area contributed by atoms with Gasteiger partial charge in [-0.25, -0.2) is 13.2 Å². The largest absolute Gasteiger partial charge is 0.462 e. The molecule has 1 aliphatic heterocycles. The Kier molecular flexibility index (Phi) is 6.55. The number of nitrogens with zero attached hydrogens (tertiary/aromatic N) is 1. The van der Waals surface area contributed by atoms with Crippen LogP contribution in [-0.4, -0.2) is 62.9 Å². The van der Waals surface area contributed by atoms with E-state index in [2.05, 4.69) is 5.32 Å². The minimum Gasteiger partial charge on any atom is -0.462 e. The molecule has 0 aromatic heterocycles. The number of rotatable bonds is 7. The van der Waals surface area contributed by atoms with E-state index in [1.807, 2.05) is 11.9 Å². The first-order valence-corrected chi connectivity index (χ1v) is 10.1. The van der Waals surface area contributed by atoms with Crippen molar-refractivity contribution in [3.05, 3.63) is 29.8 Å². The summed E-state index contributed by atoms with van der Waals surface area (Å²) in [5.41, 5.74) is 1.03. The Hall–Kier alpha value is -1.93. The Bertz CT molecular complexity index is 715. The van der Waals surface area contributed by atoms with Gasteiger partial charge in [0.05, 0.1) is 23.7 Å². The van der Waals surface area contributed by atoms with Crippen LogP contribution in [0.3, 0.4) is 0 Å². The molecule has 1 amide bonds. The van der Waals surface area contributed by atoms with Crippen molar-refractivity contribution in [2.45, 2.75) is 25.8 Å². The number of anilines is 1. The van der Waals surface area contributed by atoms with Crippen LogP contribution in [0.1, 0.15) is 30.1 Å². The van der Waals surface area contributed by atoms with Crippen LogP contribution in [0.15, 0.2) is 24.3 Å². The molecule has 1 heterocycles. The van der Waals surface area contributed by atoms with E-state index in [0.717, 1.165) is 0 Å². The minimum absolute atomic E-state index is 0.0124. The number of carbonyl (C=O) groups excluding carboxylic acids is 2. The summed E-state index contributed by atoms with van der Waals surface area (Å²) in [5, 5.41) is 2.77. The van der Waals surface area contributed by atoms with E-state index in [1.165, 1.54) is 0 Å². The third kappa shape index (κ3) is 5.82. The predicted molar refractivity (Wildman–Crippen MR) is 95.3 cm³/mol. The molecule has 1 N–H and O–H groups in total. The van der Waals surface area contributed by atoms with Gasteiger partial charge in [-0.2, -0.15) is 0 Å². The van der Waals surface area contributed by atoms with Crippen molar-refractivity contribution >= 4 is 27.4 Å². The molecule has 1 fully saturated rings.